The molecule has 0 bridgehead atoms. The van der Waals surface area contributed by atoms with Crippen LogP contribution in [0.3, 0.4) is 0 Å². The van der Waals surface area contributed by atoms with Gasteiger partial charge < -0.3 is 17.3 Å². The second-order valence-corrected chi connectivity index (χ2v) is 5.33. The van der Waals surface area contributed by atoms with E-state index in [4.69, 9.17) is 4.42 Å². The number of halogens is 4. The molecule has 0 aliphatic heterocycles. The van der Waals surface area contributed by atoms with Gasteiger partial charge in [0.05, 0.1) is 10.8 Å². The van der Waals surface area contributed by atoms with Gasteiger partial charge in [0.2, 0.25) is 0 Å². The zero-order valence-corrected chi connectivity index (χ0v) is 13.0. The van der Waals surface area contributed by atoms with Crippen molar-refractivity contribution in [3.8, 4) is 11.1 Å². The largest absolute Gasteiger partial charge is 0.673 e. The van der Waals surface area contributed by atoms with Crippen LogP contribution in [-0.4, -0.2) is 7.25 Å². The van der Waals surface area contributed by atoms with Gasteiger partial charge in [0.15, 0.2) is 0 Å². The highest BCUT2D eigenvalue weighted by Crippen LogP contribution is 2.35. The molecule has 1 nitrogen and oxygen atoms in total. The molecule has 0 fully saturated rings. The average Bonchev–Trinajstić information content (AvgIpc) is 2.59. The van der Waals surface area contributed by atoms with Crippen LogP contribution in [0.2, 0.25) is 0 Å². The summed E-state index contributed by atoms with van der Waals surface area (Å²) in [5.74, 6) is 0. The van der Waals surface area contributed by atoms with Crippen molar-refractivity contribution in [2.45, 2.75) is 0 Å². The first-order chi connectivity index (χ1) is 11.9. The van der Waals surface area contributed by atoms with E-state index < -0.39 is 7.25 Å². The van der Waals surface area contributed by atoms with Crippen LogP contribution in [0.15, 0.2) is 83.3 Å². The normalized spacial score (nSPS) is 11.2. The summed E-state index contributed by atoms with van der Waals surface area (Å²) in [6, 6.07) is 26.9. The lowest BCUT2D eigenvalue weighted by Gasteiger charge is -2.04. The molecular formula is C19H13BF4O. The van der Waals surface area contributed by atoms with Gasteiger partial charge in [0.1, 0.15) is 0 Å². The van der Waals surface area contributed by atoms with E-state index in [1.54, 1.807) is 0 Å². The van der Waals surface area contributed by atoms with Crippen LogP contribution in [0.5, 0.6) is 0 Å². The maximum atomic E-state index is 9.75. The van der Waals surface area contributed by atoms with Crippen molar-refractivity contribution in [2.75, 3.05) is 0 Å². The van der Waals surface area contributed by atoms with E-state index in [-0.39, 0.29) is 0 Å². The Morgan fingerprint density at radius 3 is 1.44 bits per heavy atom. The Kier molecular flexibility index (Phi) is 4.70. The van der Waals surface area contributed by atoms with Gasteiger partial charge in [0.25, 0.3) is 0 Å². The molecule has 6 heteroatoms. The van der Waals surface area contributed by atoms with Crippen molar-refractivity contribution in [2.24, 2.45) is 0 Å². The van der Waals surface area contributed by atoms with E-state index in [1.165, 1.54) is 11.1 Å². The van der Waals surface area contributed by atoms with Crippen LogP contribution in [0, 0.1) is 0 Å². The van der Waals surface area contributed by atoms with E-state index in [0.29, 0.717) is 0 Å². The van der Waals surface area contributed by atoms with Crippen molar-refractivity contribution < 1.29 is 21.7 Å². The van der Waals surface area contributed by atoms with E-state index in [0.717, 1.165) is 21.9 Å². The Balaban J connectivity index is 0.000000324. The van der Waals surface area contributed by atoms with Crippen LogP contribution >= 0.6 is 0 Å². The number of para-hydroxylation sites is 2. The summed E-state index contributed by atoms with van der Waals surface area (Å²) >= 11 is 0. The third kappa shape index (κ3) is 4.15. The van der Waals surface area contributed by atoms with Crippen molar-refractivity contribution in [1.82, 2.24) is 0 Å². The highest BCUT2D eigenvalue weighted by molar-refractivity contribution is 6.50. The number of benzene rings is 3. The third-order valence-electron chi connectivity index (χ3n) is 3.60. The molecule has 1 heterocycles. The van der Waals surface area contributed by atoms with E-state index >= 15 is 0 Å². The average molecular weight is 344 g/mol. The fourth-order valence-corrected chi connectivity index (χ4v) is 2.70. The molecule has 4 rings (SSSR count). The highest BCUT2D eigenvalue weighted by atomic mass is 19.5. The molecule has 0 N–H and O–H groups in total. The van der Waals surface area contributed by atoms with E-state index in [1.807, 2.05) is 30.3 Å². The summed E-state index contributed by atoms with van der Waals surface area (Å²) in [6.45, 7) is 0. The standard InChI is InChI=1S/C19H13O.BF4/c1-2-8-14(9-3-1)19-15-10-4-6-12-17(15)20-18-13-7-5-11-16(18)19;2-1(3,4)5/h1-13H;/q+1;-1. The number of hydrogen-bond donors (Lipinski definition) is 0. The topological polar surface area (TPSA) is 11.3 Å². The predicted octanol–water partition coefficient (Wildman–Crippen LogP) is 6.83. The van der Waals surface area contributed by atoms with Gasteiger partial charge in [-0.2, -0.15) is 0 Å². The summed E-state index contributed by atoms with van der Waals surface area (Å²) in [7, 11) is -6.00. The van der Waals surface area contributed by atoms with Crippen LogP contribution in [0.4, 0.5) is 17.3 Å². The van der Waals surface area contributed by atoms with Gasteiger partial charge in [-0.25, -0.2) is 4.42 Å². The lowest BCUT2D eigenvalue weighted by atomic mass is 9.97. The SMILES string of the molecule is F[B-](F)(F)F.c1ccc(-c2c3ccccc3[o+]c3ccccc23)cc1. The molecule has 0 atom stereocenters. The van der Waals surface area contributed by atoms with E-state index in [2.05, 4.69) is 48.5 Å². The Bertz CT molecular complexity index is 940. The molecule has 4 aromatic rings. The van der Waals surface area contributed by atoms with Crippen molar-refractivity contribution in [3.05, 3.63) is 78.9 Å². The molecule has 0 aliphatic carbocycles. The van der Waals surface area contributed by atoms with Gasteiger partial charge in [-0.05, 0) is 17.7 Å². The molecular weight excluding hydrogens is 331 g/mol. The molecule has 0 unspecified atom stereocenters. The summed E-state index contributed by atoms with van der Waals surface area (Å²) < 4.78 is 45.0. The van der Waals surface area contributed by atoms with E-state index in [9.17, 15) is 17.3 Å². The number of hydrogen-bond acceptors (Lipinski definition) is 0. The Morgan fingerprint density at radius 1 is 0.560 bits per heavy atom. The van der Waals surface area contributed by atoms with Gasteiger partial charge in [-0.3, -0.25) is 0 Å². The first-order valence-corrected chi connectivity index (χ1v) is 7.60. The van der Waals surface area contributed by atoms with Crippen molar-refractivity contribution in [3.63, 3.8) is 0 Å². The Labute approximate surface area is 141 Å². The summed E-state index contributed by atoms with van der Waals surface area (Å²) in [4.78, 5) is 0. The minimum absolute atomic E-state index is 0.921. The number of fused-ring (bicyclic) bond motifs is 2. The fourth-order valence-electron chi connectivity index (χ4n) is 2.70. The molecule has 126 valence electrons. The minimum Gasteiger partial charge on any atom is -0.418 e. The van der Waals surface area contributed by atoms with Crippen LogP contribution in [0.25, 0.3) is 33.1 Å². The molecule has 0 saturated carbocycles. The van der Waals surface area contributed by atoms with Crippen LogP contribution in [-0.2, 0) is 0 Å². The lowest BCUT2D eigenvalue weighted by molar-refractivity contribution is 0.368. The summed E-state index contributed by atoms with van der Waals surface area (Å²) in [6.07, 6.45) is 0. The molecule has 0 aliphatic rings. The predicted molar refractivity (Wildman–Crippen MR) is 93.7 cm³/mol. The molecule has 0 amide bonds. The molecule has 0 saturated heterocycles. The quantitative estimate of drug-likeness (QED) is 0.159. The monoisotopic (exact) mass is 344 g/mol. The molecule has 0 spiro atoms. The smallest absolute Gasteiger partial charge is 0.418 e. The lowest BCUT2D eigenvalue weighted by Crippen LogP contribution is -2.02. The summed E-state index contributed by atoms with van der Waals surface area (Å²) in [5.41, 5.74) is 4.30. The molecule has 0 radical (unpaired) electrons. The molecule has 25 heavy (non-hydrogen) atoms. The fraction of sp³-hybridized carbons (Fsp3) is 0. The zero-order valence-electron chi connectivity index (χ0n) is 13.0. The summed E-state index contributed by atoms with van der Waals surface area (Å²) in [5, 5.41) is 2.30. The zero-order chi connectivity index (χ0) is 17.9. The number of rotatable bonds is 1. The maximum absolute atomic E-state index is 9.75. The second-order valence-electron chi connectivity index (χ2n) is 5.33. The van der Waals surface area contributed by atoms with Crippen LogP contribution in [0.1, 0.15) is 0 Å². The van der Waals surface area contributed by atoms with Crippen molar-refractivity contribution >= 4 is 29.2 Å². The maximum Gasteiger partial charge on any atom is 0.673 e. The minimum atomic E-state index is -6.00. The highest BCUT2D eigenvalue weighted by Gasteiger charge is 2.20. The first kappa shape index (κ1) is 17.0. The molecule has 3 aromatic carbocycles. The van der Waals surface area contributed by atoms with Crippen LogP contribution < -0.4 is 0 Å². The first-order valence-electron chi connectivity index (χ1n) is 7.60. The van der Waals surface area contributed by atoms with Crippen molar-refractivity contribution in [1.29, 1.82) is 0 Å². The Hall–Kier alpha value is -2.89. The van der Waals surface area contributed by atoms with Gasteiger partial charge >= 0.3 is 18.4 Å². The Morgan fingerprint density at radius 2 is 0.960 bits per heavy atom. The third-order valence-corrected chi connectivity index (χ3v) is 3.60. The second kappa shape index (κ2) is 6.93. The van der Waals surface area contributed by atoms with Gasteiger partial charge in [-0.15, -0.1) is 0 Å². The van der Waals surface area contributed by atoms with Gasteiger partial charge in [0, 0.05) is 17.7 Å². The van der Waals surface area contributed by atoms with Gasteiger partial charge in [-0.1, -0.05) is 54.6 Å². The molecule has 1 aromatic heterocycles.